The van der Waals surface area contributed by atoms with E-state index in [1.54, 1.807) is 12.4 Å². The lowest BCUT2D eigenvalue weighted by Gasteiger charge is -2.08. The molecular formula is C11H13BrN4O. The maximum absolute atomic E-state index is 5.81. The number of anilines is 2. The minimum atomic E-state index is 0.488. The van der Waals surface area contributed by atoms with E-state index in [1.165, 1.54) is 0 Å². The highest BCUT2D eigenvalue weighted by molar-refractivity contribution is 9.10. The van der Waals surface area contributed by atoms with Crippen LogP contribution < -0.4 is 11.1 Å². The summed E-state index contributed by atoms with van der Waals surface area (Å²) >= 11 is 3.38. The molecule has 0 unspecified atom stereocenters. The number of nitrogens with two attached hydrogens (primary N) is 1. The molecule has 0 spiro atoms. The van der Waals surface area contributed by atoms with Gasteiger partial charge in [-0.25, -0.2) is 4.98 Å². The number of halogens is 1. The Morgan fingerprint density at radius 2 is 2.18 bits per heavy atom. The lowest BCUT2D eigenvalue weighted by molar-refractivity contribution is 0.478. The predicted octanol–water partition coefficient (Wildman–Crippen LogP) is 2.64. The van der Waals surface area contributed by atoms with Crippen molar-refractivity contribution in [3.05, 3.63) is 34.2 Å². The van der Waals surface area contributed by atoms with Crippen molar-refractivity contribution in [2.24, 2.45) is 0 Å². The van der Waals surface area contributed by atoms with Gasteiger partial charge in [0.05, 0.1) is 34.3 Å². The summed E-state index contributed by atoms with van der Waals surface area (Å²) in [6.07, 6.45) is 3.28. The van der Waals surface area contributed by atoms with Crippen LogP contribution in [0.25, 0.3) is 0 Å². The van der Waals surface area contributed by atoms with Gasteiger partial charge in [0.15, 0.2) is 0 Å². The van der Waals surface area contributed by atoms with Crippen molar-refractivity contribution in [2.75, 3.05) is 11.1 Å². The van der Waals surface area contributed by atoms with Crippen LogP contribution in [-0.4, -0.2) is 9.97 Å². The van der Waals surface area contributed by atoms with Crippen LogP contribution in [0.4, 0.5) is 11.4 Å². The van der Waals surface area contributed by atoms with Crippen LogP contribution in [0.2, 0.25) is 0 Å². The molecule has 0 fully saturated rings. The molecule has 0 saturated carbocycles. The summed E-state index contributed by atoms with van der Waals surface area (Å²) < 4.78 is 6.29. The van der Waals surface area contributed by atoms with Crippen molar-refractivity contribution in [1.82, 2.24) is 9.97 Å². The molecule has 0 radical (unpaired) electrons. The molecular weight excluding hydrogens is 284 g/mol. The summed E-state index contributed by atoms with van der Waals surface area (Å²) in [5.74, 6) is 1.48. The second-order valence-corrected chi connectivity index (χ2v) is 4.54. The highest BCUT2D eigenvalue weighted by Crippen LogP contribution is 2.27. The normalized spacial score (nSPS) is 10.5. The monoisotopic (exact) mass is 296 g/mol. The van der Waals surface area contributed by atoms with Gasteiger partial charge in [0.1, 0.15) is 5.76 Å². The summed E-state index contributed by atoms with van der Waals surface area (Å²) in [7, 11) is 0. The second kappa shape index (κ2) is 4.75. The van der Waals surface area contributed by atoms with Crippen LogP contribution in [-0.2, 0) is 6.54 Å². The fourth-order valence-corrected chi connectivity index (χ4v) is 1.90. The van der Waals surface area contributed by atoms with Crippen molar-refractivity contribution in [3.8, 4) is 0 Å². The smallest absolute Gasteiger partial charge is 0.213 e. The van der Waals surface area contributed by atoms with E-state index in [1.807, 2.05) is 13.8 Å². The Bertz CT molecular complexity index is 499. The van der Waals surface area contributed by atoms with Gasteiger partial charge in [0, 0.05) is 6.20 Å². The van der Waals surface area contributed by atoms with Crippen molar-refractivity contribution in [3.63, 3.8) is 0 Å². The molecule has 0 aliphatic carbocycles. The lowest BCUT2D eigenvalue weighted by Crippen LogP contribution is -2.04. The summed E-state index contributed by atoms with van der Waals surface area (Å²) in [5.41, 5.74) is 8.10. The van der Waals surface area contributed by atoms with Crippen LogP contribution in [0, 0.1) is 13.8 Å². The third-order valence-electron chi connectivity index (χ3n) is 2.42. The number of hydrogen-bond donors (Lipinski definition) is 2. The quantitative estimate of drug-likeness (QED) is 0.910. The van der Waals surface area contributed by atoms with Crippen molar-refractivity contribution < 1.29 is 4.42 Å². The first-order valence-corrected chi connectivity index (χ1v) is 5.93. The summed E-state index contributed by atoms with van der Waals surface area (Å²) in [5, 5.41) is 3.17. The van der Waals surface area contributed by atoms with E-state index in [9.17, 15) is 0 Å². The topological polar surface area (TPSA) is 77.0 Å². The number of rotatable bonds is 3. The highest BCUT2D eigenvalue weighted by atomic mass is 79.9. The van der Waals surface area contributed by atoms with Crippen LogP contribution >= 0.6 is 15.9 Å². The molecule has 0 aliphatic rings. The molecule has 0 atom stereocenters. The number of oxazole rings is 1. The zero-order valence-corrected chi connectivity index (χ0v) is 11.2. The van der Waals surface area contributed by atoms with E-state index in [2.05, 4.69) is 31.2 Å². The molecule has 0 aliphatic heterocycles. The Morgan fingerprint density at radius 1 is 1.41 bits per heavy atom. The molecule has 0 aromatic carbocycles. The first-order valence-electron chi connectivity index (χ1n) is 5.13. The molecule has 5 nitrogen and oxygen atoms in total. The van der Waals surface area contributed by atoms with E-state index < -0.39 is 0 Å². The van der Waals surface area contributed by atoms with E-state index in [0.29, 0.717) is 18.1 Å². The first kappa shape index (κ1) is 11.9. The Balaban J connectivity index is 2.12. The molecule has 0 amide bonds. The number of pyridine rings is 1. The largest absolute Gasteiger partial charge is 0.444 e. The first-order chi connectivity index (χ1) is 8.08. The summed E-state index contributed by atoms with van der Waals surface area (Å²) in [6, 6.07) is 0. The summed E-state index contributed by atoms with van der Waals surface area (Å²) in [4.78, 5) is 8.25. The van der Waals surface area contributed by atoms with Crippen molar-refractivity contribution in [1.29, 1.82) is 0 Å². The predicted molar refractivity (Wildman–Crippen MR) is 69.7 cm³/mol. The fourth-order valence-electron chi connectivity index (χ4n) is 1.42. The zero-order chi connectivity index (χ0) is 12.4. The number of nitrogens with one attached hydrogen (secondary N) is 1. The average Bonchev–Trinajstić information content (AvgIpc) is 2.58. The standard InChI is InChI=1S/C11H13BrN4O/c1-6-7(2)17-10(16-6)5-15-11-8(12)3-14-4-9(11)13/h3-4H,5,13H2,1-2H3,(H,14,15). The maximum atomic E-state index is 5.81. The minimum Gasteiger partial charge on any atom is -0.444 e. The van der Waals surface area contributed by atoms with E-state index in [0.717, 1.165) is 21.6 Å². The number of nitrogens with zero attached hydrogens (tertiary/aromatic N) is 2. The molecule has 6 heteroatoms. The van der Waals surface area contributed by atoms with Gasteiger partial charge in [-0.3, -0.25) is 4.98 Å². The maximum Gasteiger partial charge on any atom is 0.213 e. The molecule has 0 bridgehead atoms. The van der Waals surface area contributed by atoms with Crippen LogP contribution in [0.15, 0.2) is 21.3 Å². The molecule has 17 heavy (non-hydrogen) atoms. The Labute approximate surface area is 108 Å². The highest BCUT2D eigenvalue weighted by Gasteiger charge is 2.08. The third-order valence-corrected chi connectivity index (χ3v) is 3.02. The number of hydrogen-bond acceptors (Lipinski definition) is 5. The molecule has 90 valence electrons. The summed E-state index contributed by atoms with van der Waals surface area (Å²) in [6.45, 7) is 4.29. The van der Waals surface area contributed by atoms with Crippen molar-refractivity contribution >= 4 is 27.3 Å². The van der Waals surface area contributed by atoms with Crippen LogP contribution in [0.1, 0.15) is 17.3 Å². The Morgan fingerprint density at radius 3 is 2.76 bits per heavy atom. The second-order valence-electron chi connectivity index (χ2n) is 3.69. The number of aromatic nitrogens is 2. The van der Waals surface area contributed by atoms with Gasteiger partial charge in [0.2, 0.25) is 5.89 Å². The van der Waals surface area contributed by atoms with E-state index >= 15 is 0 Å². The average molecular weight is 297 g/mol. The van der Waals surface area contributed by atoms with Gasteiger partial charge < -0.3 is 15.5 Å². The van der Waals surface area contributed by atoms with E-state index in [-0.39, 0.29) is 0 Å². The molecule has 3 N–H and O–H groups in total. The molecule has 2 rings (SSSR count). The van der Waals surface area contributed by atoms with Gasteiger partial charge in [0.25, 0.3) is 0 Å². The fraction of sp³-hybridized carbons (Fsp3) is 0.273. The Hall–Kier alpha value is -1.56. The van der Waals surface area contributed by atoms with Gasteiger partial charge >= 0.3 is 0 Å². The van der Waals surface area contributed by atoms with Gasteiger partial charge in [-0.1, -0.05) is 0 Å². The lowest BCUT2D eigenvalue weighted by atomic mass is 10.3. The molecule has 2 heterocycles. The Kier molecular flexibility index (Phi) is 3.33. The van der Waals surface area contributed by atoms with Gasteiger partial charge in [-0.05, 0) is 29.8 Å². The SMILES string of the molecule is Cc1nc(CNc2c(N)cncc2Br)oc1C. The zero-order valence-electron chi connectivity index (χ0n) is 9.62. The molecule has 2 aromatic heterocycles. The number of aryl methyl sites for hydroxylation is 2. The minimum absolute atomic E-state index is 0.488. The van der Waals surface area contributed by atoms with Crippen molar-refractivity contribution in [2.45, 2.75) is 20.4 Å². The third kappa shape index (κ3) is 2.58. The molecule has 2 aromatic rings. The van der Waals surface area contributed by atoms with Crippen LogP contribution in [0.5, 0.6) is 0 Å². The van der Waals surface area contributed by atoms with Gasteiger partial charge in [-0.15, -0.1) is 0 Å². The molecule has 0 saturated heterocycles. The van der Waals surface area contributed by atoms with Gasteiger partial charge in [-0.2, -0.15) is 0 Å². The van der Waals surface area contributed by atoms with E-state index in [4.69, 9.17) is 10.2 Å². The van der Waals surface area contributed by atoms with Crippen LogP contribution in [0.3, 0.4) is 0 Å². The number of nitrogen functional groups attached to an aromatic ring is 1.